The molecule has 7 heteroatoms. The Bertz CT molecular complexity index is 803. The minimum Gasteiger partial charge on any atom is -0.420 e. The zero-order valence-corrected chi connectivity index (χ0v) is 13.9. The molecule has 0 saturated carbocycles. The summed E-state index contributed by atoms with van der Waals surface area (Å²) in [5.74, 6) is 0.513. The first-order valence-corrected chi connectivity index (χ1v) is 8.59. The maximum atomic E-state index is 12.0. The molecule has 2 aromatic heterocycles. The number of nitrogens with zero attached hydrogens (tertiary/aromatic N) is 3. The van der Waals surface area contributed by atoms with E-state index in [1.54, 1.807) is 36.3 Å². The number of hydrogen-bond acceptors (Lipinski definition) is 6. The Morgan fingerprint density at radius 2 is 1.88 bits per heavy atom. The number of thioether (sulfide) groups is 1. The molecule has 1 aromatic carbocycles. The van der Waals surface area contributed by atoms with Crippen LogP contribution in [-0.4, -0.2) is 27.3 Å². The van der Waals surface area contributed by atoms with Crippen LogP contribution in [0.1, 0.15) is 11.5 Å². The summed E-state index contributed by atoms with van der Waals surface area (Å²) < 4.78 is 5.51. The van der Waals surface area contributed by atoms with Gasteiger partial charge in [-0.15, -0.1) is 22.0 Å². The molecule has 3 aromatic rings. The fraction of sp³-hybridized carbons (Fsp3) is 0.176. The third-order valence-corrected chi connectivity index (χ3v) is 4.10. The van der Waals surface area contributed by atoms with Gasteiger partial charge in [-0.25, -0.2) is 0 Å². The molecular formula is C17H16N4O2S. The molecule has 0 fully saturated rings. The molecule has 24 heavy (non-hydrogen) atoms. The number of rotatable bonds is 6. The van der Waals surface area contributed by atoms with Gasteiger partial charge in [0.25, 0.3) is 0 Å². The maximum Gasteiger partial charge on any atom is 0.247 e. The third kappa shape index (κ3) is 4.20. The summed E-state index contributed by atoms with van der Waals surface area (Å²) in [4.78, 5) is 17.1. The summed E-state index contributed by atoms with van der Waals surface area (Å²) in [6.45, 7) is 0.471. The van der Waals surface area contributed by atoms with Crippen LogP contribution in [0.25, 0.3) is 11.5 Å². The second-order valence-corrected chi connectivity index (χ2v) is 5.92. The van der Waals surface area contributed by atoms with Crippen LogP contribution in [0.3, 0.4) is 0 Å². The van der Waals surface area contributed by atoms with Crippen molar-refractivity contribution in [3.05, 3.63) is 60.2 Å². The van der Waals surface area contributed by atoms with Gasteiger partial charge < -0.3 is 9.73 Å². The van der Waals surface area contributed by atoms with Crippen LogP contribution in [0, 0.1) is 0 Å². The minimum absolute atomic E-state index is 0.0565. The molecule has 122 valence electrons. The van der Waals surface area contributed by atoms with Crippen molar-refractivity contribution in [1.82, 2.24) is 20.5 Å². The number of carbonyl (C=O) groups excluding carboxylic acids is 1. The normalized spacial score (nSPS) is 10.5. The van der Waals surface area contributed by atoms with Gasteiger partial charge in [-0.1, -0.05) is 12.1 Å². The molecule has 6 nitrogen and oxygen atoms in total. The van der Waals surface area contributed by atoms with E-state index in [2.05, 4.69) is 20.5 Å². The van der Waals surface area contributed by atoms with Crippen molar-refractivity contribution in [2.24, 2.45) is 0 Å². The molecule has 0 spiro atoms. The molecule has 1 N–H and O–H groups in total. The van der Waals surface area contributed by atoms with E-state index in [4.69, 9.17) is 4.42 Å². The number of amides is 1. The van der Waals surface area contributed by atoms with Crippen molar-refractivity contribution < 1.29 is 9.21 Å². The van der Waals surface area contributed by atoms with E-state index in [-0.39, 0.29) is 18.2 Å². The zero-order chi connectivity index (χ0) is 16.8. The van der Waals surface area contributed by atoms with E-state index < -0.39 is 0 Å². The van der Waals surface area contributed by atoms with Crippen LogP contribution in [0.4, 0.5) is 0 Å². The highest BCUT2D eigenvalue weighted by atomic mass is 32.2. The predicted molar refractivity (Wildman–Crippen MR) is 91.3 cm³/mol. The molecule has 0 aliphatic heterocycles. The van der Waals surface area contributed by atoms with Gasteiger partial charge >= 0.3 is 0 Å². The quantitative estimate of drug-likeness (QED) is 0.695. The summed E-state index contributed by atoms with van der Waals surface area (Å²) in [5, 5.41) is 10.7. The molecule has 0 bridgehead atoms. The highest BCUT2D eigenvalue weighted by Gasteiger charge is 2.12. The standard InChI is InChI=1S/C17H16N4O2S/c1-24-14-4-2-12(3-5-14)11-19-15(22)10-16-20-21-17(23-16)13-6-8-18-9-7-13/h2-9H,10-11H2,1H3,(H,19,22). The number of carbonyl (C=O) groups is 1. The lowest BCUT2D eigenvalue weighted by Crippen LogP contribution is -2.24. The molecule has 0 saturated heterocycles. The van der Waals surface area contributed by atoms with Crippen molar-refractivity contribution in [1.29, 1.82) is 0 Å². The second-order valence-electron chi connectivity index (χ2n) is 5.04. The summed E-state index contributed by atoms with van der Waals surface area (Å²) in [5.41, 5.74) is 1.82. The maximum absolute atomic E-state index is 12.0. The topological polar surface area (TPSA) is 80.9 Å². The van der Waals surface area contributed by atoms with Crippen molar-refractivity contribution in [2.45, 2.75) is 17.9 Å². The van der Waals surface area contributed by atoms with E-state index in [0.29, 0.717) is 12.4 Å². The number of aromatic nitrogens is 3. The fourth-order valence-electron chi connectivity index (χ4n) is 2.08. The van der Waals surface area contributed by atoms with E-state index >= 15 is 0 Å². The average Bonchev–Trinajstić information content (AvgIpc) is 3.09. The Hall–Kier alpha value is -2.67. The highest BCUT2D eigenvalue weighted by Crippen LogP contribution is 2.17. The first kappa shape index (κ1) is 16.2. The summed E-state index contributed by atoms with van der Waals surface area (Å²) in [6.07, 6.45) is 5.38. The molecule has 0 radical (unpaired) electrons. The Labute approximate surface area is 143 Å². The smallest absolute Gasteiger partial charge is 0.247 e. The lowest BCUT2D eigenvalue weighted by Gasteiger charge is -2.04. The molecule has 0 atom stereocenters. The fourth-order valence-corrected chi connectivity index (χ4v) is 2.49. The summed E-state index contributed by atoms with van der Waals surface area (Å²) >= 11 is 1.69. The lowest BCUT2D eigenvalue weighted by molar-refractivity contribution is -0.120. The Morgan fingerprint density at radius 1 is 1.12 bits per heavy atom. The Kier molecular flexibility index (Phi) is 5.22. The first-order chi connectivity index (χ1) is 11.7. The van der Waals surface area contributed by atoms with Crippen molar-refractivity contribution in [3.63, 3.8) is 0 Å². The molecule has 0 aliphatic rings. The van der Waals surface area contributed by atoms with Gasteiger partial charge in [-0.2, -0.15) is 0 Å². The molecular weight excluding hydrogens is 324 g/mol. The van der Waals surface area contributed by atoms with Crippen LogP contribution < -0.4 is 5.32 Å². The summed E-state index contributed by atoms with van der Waals surface area (Å²) in [7, 11) is 0. The monoisotopic (exact) mass is 340 g/mol. The molecule has 3 rings (SSSR count). The molecule has 0 aliphatic carbocycles. The number of pyridine rings is 1. The van der Waals surface area contributed by atoms with E-state index in [1.807, 2.05) is 30.5 Å². The van der Waals surface area contributed by atoms with Crippen molar-refractivity contribution in [3.8, 4) is 11.5 Å². The number of hydrogen-bond donors (Lipinski definition) is 1. The lowest BCUT2D eigenvalue weighted by atomic mass is 10.2. The first-order valence-electron chi connectivity index (χ1n) is 7.37. The van der Waals surface area contributed by atoms with Gasteiger partial charge in [-0.05, 0) is 36.1 Å². The molecule has 2 heterocycles. The second kappa shape index (κ2) is 7.74. The van der Waals surface area contributed by atoms with Crippen LogP contribution in [0.5, 0.6) is 0 Å². The SMILES string of the molecule is CSc1ccc(CNC(=O)Cc2nnc(-c3ccncc3)o2)cc1. The van der Waals surface area contributed by atoms with Gasteiger partial charge in [0.15, 0.2) is 0 Å². The van der Waals surface area contributed by atoms with E-state index in [1.165, 1.54) is 4.90 Å². The Morgan fingerprint density at radius 3 is 2.58 bits per heavy atom. The van der Waals surface area contributed by atoms with Crippen molar-refractivity contribution >= 4 is 17.7 Å². The minimum atomic E-state index is -0.158. The van der Waals surface area contributed by atoms with Crippen molar-refractivity contribution in [2.75, 3.05) is 6.26 Å². The average molecular weight is 340 g/mol. The zero-order valence-electron chi connectivity index (χ0n) is 13.1. The van der Waals surface area contributed by atoms with Crippen LogP contribution in [0.15, 0.2) is 58.1 Å². The van der Waals surface area contributed by atoms with Gasteiger partial charge in [0.2, 0.25) is 17.7 Å². The number of benzene rings is 1. The van der Waals surface area contributed by atoms with E-state index in [9.17, 15) is 4.79 Å². The Balaban J connectivity index is 1.54. The van der Waals surface area contributed by atoms with Gasteiger partial charge in [0, 0.05) is 29.4 Å². The van der Waals surface area contributed by atoms with E-state index in [0.717, 1.165) is 11.1 Å². The van der Waals surface area contributed by atoms with Gasteiger partial charge in [0.1, 0.15) is 6.42 Å². The third-order valence-electron chi connectivity index (χ3n) is 3.35. The largest absolute Gasteiger partial charge is 0.420 e. The van der Waals surface area contributed by atoms with Crippen LogP contribution in [-0.2, 0) is 17.8 Å². The van der Waals surface area contributed by atoms with Gasteiger partial charge in [0.05, 0.1) is 0 Å². The van der Waals surface area contributed by atoms with Crippen LogP contribution in [0.2, 0.25) is 0 Å². The number of nitrogens with one attached hydrogen (secondary N) is 1. The molecule has 0 unspecified atom stereocenters. The molecule has 1 amide bonds. The highest BCUT2D eigenvalue weighted by molar-refractivity contribution is 7.98. The van der Waals surface area contributed by atoms with Crippen LogP contribution >= 0.6 is 11.8 Å². The van der Waals surface area contributed by atoms with Gasteiger partial charge in [-0.3, -0.25) is 9.78 Å². The predicted octanol–water partition coefficient (Wildman–Crippen LogP) is 2.71. The summed E-state index contributed by atoms with van der Waals surface area (Å²) in [6, 6.07) is 11.6.